The minimum Gasteiger partial charge on any atom is -0.355 e. The maximum Gasteiger partial charge on any atom is 0.239 e. The number of carbonyl (C=O) groups excluding carboxylic acids is 2. The smallest absolute Gasteiger partial charge is 0.239 e. The van der Waals surface area contributed by atoms with Crippen molar-refractivity contribution < 1.29 is 9.59 Å². The van der Waals surface area contributed by atoms with Crippen LogP contribution in [-0.4, -0.2) is 35.2 Å². The van der Waals surface area contributed by atoms with Gasteiger partial charge >= 0.3 is 0 Å². The Morgan fingerprint density at radius 2 is 1.53 bits per heavy atom. The molecule has 0 aliphatic carbocycles. The number of likely N-dealkylation sites (tertiary alicyclic amines) is 1. The third-order valence-electron chi connectivity index (χ3n) is 5.42. The van der Waals surface area contributed by atoms with E-state index in [4.69, 9.17) is 0 Å². The second-order valence-electron chi connectivity index (χ2n) is 7.83. The van der Waals surface area contributed by atoms with Crippen molar-refractivity contribution in [3.8, 4) is 0 Å². The van der Waals surface area contributed by atoms with Crippen LogP contribution in [0.25, 0.3) is 0 Å². The molecular formula is C25H32N2O2S. The number of aryl methyl sites for hydroxylation is 1. The van der Waals surface area contributed by atoms with Gasteiger partial charge in [0.2, 0.25) is 11.8 Å². The molecule has 1 fully saturated rings. The molecule has 2 amide bonds. The van der Waals surface area contributed by atoms with E-state index in [2.05, 4.69) is 47.8 Å². The number of benzene rings is 2. The maximum atomic E-state index is 12.2. The average molecular weight is 425 g/mol. The molecular weight excluding hydrogens is 392 g/mol. The quantitative estimate of drug-likeness (QED) is 0.372. The van der Waals surface area contributed by atoms with Gasteiger partial charge in [-0.05, 0) is 30.4 Å². The fourth-order valence-corrected chi connectivity index (χ4v) is 4.81. The summed E-state index contributed by atoms with van der Waals surface area (Å²) in [7, 11) is 0. The molecule has 0 saturated carbocycles. The van der Waals surface area contributed by atoms with Crippen molar-refractivity contribution in [3.05, 3.63) is 71.8 Å². The monoisotopic (exact) mass is 424 g/mol. The van der Waals surface area contributed by atoms with Gasteiger partial charge in [-0.15, -0.1) is 11.8 Å². The summed E-state index contributed by atoms with van der Waals surface area (Å²) in [4.78, 5) is 25.8. The highest BCUT2D eigenvalue weighted by molar-refractivity contribution is 7.99. The van der Waals surface area contributed by atoms with E-state index in [1.165, 1.54) is 30.4 Å². The Kier molecular flexibility index (Phi) is 9.29. The number of β-lactam (4-membered cyclic amide) rings is 1. The topological polar surface area (TPSA) is 49.4 Å². The highest BCUT2D eigenvalue weighted by Crippen LogP contribution is 2.31. The van der Waals surface area contributed by atoms with E-state index < -0.39 is 0 Å². The molecule has 1 saturated heterocycles. The number of thioether (sulfide) groups is 1. The van der Waals surface area contributed by atoms with E-state index in [1.807, 2.05) is 18.2 Å². The molecule has 5 heteroatoms. The summed E-state index contributed by atoms with van der Waals surface area (Å²) in [6.07, 6.45) is 7.45. The van der Waals surface area contributed by atoms with E-state index in [0.717, 1.165) is 25.0 Å². The molecule has 30 heavy (non-hydrogen) atoms. The number of carbonyl (C=O) groups is 2. The molecule has 1 aliphatic heterocycles. The SMILES string of the molecule is O=C(CN1C(=O)CC1SCc1ccccc1)NCCCCCCCc1ccccc1. The van der Waals surface area contributed by atoms with E-state index in [1.54, 1.807) is 16.7 Å². The van der Waals surface area contributed by atoms with Gasteiger partial charge in [0.25, 0.3) is 0 Å². The first-order valence-corrected chi connectivity index (χ1v) is 12.0. The van der Waals surface area contributed by atoms with Crippen LogP contribution in [0.2, 0.25) is 0 Å². The van der Waals surface area contributed by atoms with Crippen LogP contribution in [0.3, 0.4) is 0 Å². The molecule has 1 atom stereocenters. The number of hydrogen-bond acceptors (Lipinski definition) is 3. The predicted octanol–water partition coefficient (Wildman–Crippen LogP) is 4.79. The van der Waals surface area contributed by atoms with Crippen molar-refractivity contribution >= 4 is 23.6 Å². The lowest BCUT2D eigenvalue weighted by Crippen LogP contribution is -2.54. The van der Waals surface area contributed by atoms with Gasteiger partial charge in [-0.3, -0.25) is 9.59 Å². The zero-order chi connectivity index (χ0) is 21.0. The molecule has 0 radical (unpaired) electrons. The first-order valence-electron chi connectivity index (χ1n) is 11.0. The molecule has 160 valence electrons. The van der Waals surface area contributed by atoms with Gasteiger partial charge in [-0.2, -0.15) is 0 Å². The normalized spacial score (nSPS) is 15.7. The number of amides is 2. The first-order chi connectivity index (χ1) is 14.7. The Balaban J connectivity index is 1.21. The van der Waals surface area contributed by atoms with Gasteiger partial charge < -0.3 is 10.2 Å². The fraction of sp³-hybridized carbons (Fsp3) is 0.440. The number of unbranched alkanes of at least 4 members (excludes halogenated alkanes) is 4. The molecule has 2 aromatic carbocycles. The van der Waals surface area contributed by atoms with Gasteiger partial charge in [-0.1, -0.05) is 79.9 Å². The molecule has 1 heterocycles. The molecule has 1 aliphatic rings. The molecule has 2 aromatic rings. The minimum atomic E-state index is -0.0440. The number of nitrogens with one attached hydrogen (secondary N) is 1. The predicted molar refractivity (Wildman–Crippen MR) is 124 cm³/mol. The van der Waals surface area contributed by atoms with Crippen molar-refractivity contribution in [1.29, 1.82) is 0 Å². The highest BCUT2D eigenvalue weighted by atomic mass is 32.2. The summed E-state index contributed by atoms with van der Waals surface area (Å²) in [6, 6.07) is 20.8. The van der Waals surface area contributed by atoms with E-state index >= 15 is 0 Å². The van der Waals surface area contributed by atoms with Crippen LogP contribution in [0.5, 0.6) is 0 Å². The van der Waals surface area contributed by atoms with Gasteiger partial charge in [0, 0.05) is 12.3 Å². The van der Waals surface area contributed by atoms with Crippen LogP contribution in [0.15, 0.2) is 60.7 Å². The van der Waals surface area contributed by atoms with E-state index in [-0.39, 0.29) is 23.7 Å². The second kappa shape index (κ2) is 12.4. The lowest BCUT2D eigenvalue weighted by Gasteiger charge is -2.39. The van der Waals surface area contributed by atoms with E-state index in [0.29, 0.717) is 13.0 Å². The first kappa shape index (κ1) is 22.4. The zero-order valence-corrected chi connectivity index (χ0v) is 18.4. The largest absolute Gasteiger partial charge is 0.355 e. The third-order valence-corrected chi connectivity index (χ3v) is 6.73. The summed E-state index contributed by atoms with van der Waals surface area (Å²) >= 11 is 1.73. The maximum absolute atomic E-state index is 12.2. The lowest BCUT2D eigenvalue weighted by molar-refractivity contribution is -0.145. The van der Waals surface area contributed by atoms with Crippen LogP contribution in [0.1, 0.15) is 49.7 Å². The fourth-order valence-electron chi connectivity index (χ4n) is 3.60. The molecule has 4 nitrogen and oxygen atoms in total. The van der Waals surface area contributed by atoms with E-state index in [9.17, 15) is 9.59 Å². The Hall–Kier alpha value is -2.27. The zero-order valence-electron chi connectivity index (χ0n) is 17.6. The molecule has 0 aromatic heterocycles. The Bertz CT molecular complexity index is 782. The van der Waals surface area contributed by atoms with Crippen molar-refractivity contribution in [2.24, 2.45) is 0 Å². The Morgan fingerprint density at radius 3 is 2.23 bits per heavy atom. The van der Waals surface area contributed by atoms with Crippen molar-refractivity contribution in [2.45, 2.75) is 56.1 Å². The van der Waals surface area contributed by atoms with Crippen molar-refractivity contribution in [2.75, 3.05) is 13.1 Å². The minimum absolute atomic E-state index is 0.0440. The van der Waals surface area contributed by atoms with Gasteiger partial charge in [-0.25, -0.2) is 0 Å². The standard InChI is InChI=1S/C25H32N2O2S/c28-23(26-17-11-3-1-2-6-12-21-13-7-4-8-14-21)19-27-24(29)18-25(27)30-20-22-15-9-5-10-16-22/h4-5,7-10,13-16,25H,1-3,6,11-12,17-20H2,(H,26,28). The molecule has 0 spiro atoms. The second-order valence-corrected chi connectivity index (χ2v) is 9.00. The van der Waals surface area contributed by atoms with Crippen LogP contribution in [0.4, 0.5) is 0 Å². The molecule has 1 unspecified atom stereocenters. The van der Waals surface area contributed by atoms with Gasteiger partial charge in [0.05, 0.1) is 11.8 Å². The summed E-state index contributed by atoms with van der Waals surface area (Å²) in [5.41, 5.74) is 2.65. The Morgan fingerprint density at radius 1 is 0.900 bits per heavy atom. The summed E-state index contributed by atoms with van der Waals surface area (Å²) in [5, 5.41) is 3.09. The number of hydrogen-bond donors (Lipinski definition) is 1. The molecule has 1 N–H and O–H groups in total. The summed E-state index contributed by atoms with van der Waals surface area (Å²) < 4.78 is 0. The van der Waals surface area contributed by atoms with Crippen molar-refractivity contribution in [1.82, 2.24) is 10.2 Å². The molecule has 0 bridgehead atoms. The van der Waals surface area contributed by atoms with Gasteiger partial charge in [0.1, 0.15) is 6.54 Å². The van der Waals surface area contributed by atoms with Crippen molar-refractivity contribution in [3.63, 3.8) is 0 Å². The number of rotatable bonds is 13. The van der Waals surface area contributed by atoms with Crippen LogP contribution in [-0.2, 0) is 21.8 Å². The summed E-state index contributed by atoms with van der Waals surface area (Å²) in [5.74, 6) is 0.896. The molecule has 3 rings (SSSR count). The Labute approximate surface area is 184 Å². The average Bonchev–Trinajstić information content (AvgIpc) is 2.78. The van der Waals surface area contributed by atoms with Crippen LogP contribution < -0.4 is 5.32 Å². The number of nitrogens with zero attached hydrogens (tertiary/aromatic N) is 1. The van der Waals surface area contributed by atoms with Gasteiger partial charge in [0.15, 0.2) is 0 Å². The summed E-state index contributed by atoms with van der Waals surface area (Å²) in [6.45, 7) is 0.879. The third kappa shape index (κ3) is 7.52. The van der Waals surface area contributed by atoms with Crippen LogP contribution in [0, 0.1) is 0 Å². The highest BCUT2D eigenvalue weighted by Gasteiger charge is 2.37. The van der Waals surface area contributed by atoms with Crippen LogP contribution >= 0.6 is 11.8 Å². The lowest BCUT2D eigenvalue weighted by atomic mass is 10.1.